The van der Waals surface area contributed by atoms with E-state index in [1.807, 2.05) is 53.6 Å². The Balaban J connectivity index is 1.52. The quantitative estimate of drug-likeness (QED) is 0.855. The van der Waals surface area contributed by atoms with Crippen LogP contribution < -0.4 is 4.90 Å². The van der Waals surface area contributed by atoms with Crippen molar-refractivity contribution in [2.45, 2.75) is 31.7 Å². The Morgan fingerprint density at radius 2 is 1.92 bits per heavy atom. The first-order chi connectivity index (χ1) is 12.7. The number of pyridine rings is 1. The number of benzene rings is 1. The third-order valence-corrected chi connectivity index (χ3v) is 5.40. The number of carbonyl (C=O) groups is 2. The largest absolute Gasteiger partial charge is 0.335 e. The lowest BCUT2D eigenvalue weighted by atomic mass is 9.94. The summed E-state index contributed by atoms with van der Waals surface area (Å²) in [6.07, 6.45) is 7.00. The SMILES string of the molecule is O=C1CC(C(=O)N2CCCC[C@H]2c2cccnc2)CN1c1ccccc1. The molecule has 0 bridgehead atoms. The number of rotatable bonds is 3. The van der Waals surface area contributed by atoms with Crippen molar-refractivity contribution in [1.29, 1.82) is 0 Å². The second kappa shape index (κ2) is 7.28. The van der Waals surface area contributed by atoms with Crippen molar-refractivity contribution >= 4 is 17.5 Å². The van der Waals surface area contributed by atoms with Gasteiger partial charge in [0.15, 0.2) is 0 Å². The number of hydrogen-bond donors (Lipinski definition) is 0. The predicted molar refractivity (Wildman–Crippen MR) is 99.4 cm³/mol. The molecule has 2 fully saturated rings. The highest BCUT2D eigenvalue weighted by atomic mass is 16.2. The Labute approximate surface area is 153 Å². The molecule has 2 aliphatic rings. The van der Waals surface area contributed by atoms with Crippen molar-refractivity contribution in [2.24, 2.45) is 5.92 Å². The van der Waals surface area contributed by atoms with E-state index in [-0.39, 0.29) is 23.8 Å². The van der Waals surface area contributed by atoms with Crippen LogP contribution in [0.5, 0.6) is 0 Å². The van der Waals surface area contributed by atoms with Gasteiger partial charge in [-0.3, -0.25) is 14.6 Å². The molecule has 4 rings (SSSR count). The standard InChI is InChI=1S/C21H23N3O2/c25-20-13-17(15-24(20)18-8-2-1-3-9-18)21(26)23-12-5-4-10-19(23)16-7-6-11-22-14-16/h1-3,6-9,11,14,17,19H,4-5,10,12-13,15H2/t17?,19-/m0/s1. The summed E-state index contributed by atoms with van der Waals surface area (Å²) in [6.45, 7) is 1.23. The van der Waals surface area contributed by atoms with Crippen LogP contribution >= 0.6 is 0 Å². The van der Waals surface area contributed by atoms with E-state index >= 15 is 0 Å². The summed E-state index contributed by atoms with van der Waals surface area (Å²) in [6, 6.07) is 13.6. The molecule has 0 spiro atoms. The van der Waals surface area contributed by atoms with Gasteiger partial charge < -0.3 is 9.80 Å². The number of nitrogens with zero attached hydrogens (tertiary/aromatic N) is 3. The maximum absolute atomic E-state index is 13.2. The summed E-state index contributed by atoms with van der Waals surface area (Å²) in [5.74, 6) is -0.130. The Morgan fingerprint density at radius 3 is 2.69 bits per heavy atom. The minimum atomic E-state index is -0.264. The Kier molecular flexibility index (Phi) is 4.69. The molecule has 1 aromatic carbocycles. The van der Waals surface area contributed by atoms with Crippen molar-refractivity contribution in [3.05, 3.63) is 60.4 Å². The molecule has 0 radical (unpaired) electrons. The predicted octanol–water partition coefficient (Wildman–Crippen LogP) is 3.19. The molecule has 1 unspecified atom stereocenters. The molecule has 5 nitrogen and oxygen atoms in total. The van der Waals surface area contributed by atoms with E-state index in [0.717, 1.165) is 37.1 Å². The van der Waals surface area contributed by atoms with Gasteiger partial charge >= 0.3 is 0 Å². The maximum atomic E-state index is 13.2. The number of piperidine rings is 1. The Bertz CT molecular complexity index is 778. The molecule has 2 aliphatic heterocycles. The molecule has 2 aromatic rings. The number of hydrogen-bond acceptors (Lipinski definition) is 3. The van der Waals surface area contributed by atoms with Gasteiger partial charge in [-0.25, -0.2) is 0 Å². The lowest BCUT2D eigenvalue weighted by Gasteiger charge is -2.37. The molecule has 2 atom stereocenters. The molecule has 26 heavy (non-hydrogen) atoms. The van der Waals surface area contributed by atoms with Crippen LogP contribution in [-0.2, 0) is 9.59 Å². The number of amides is 2. The highest BCUT2D eigenvalue weighted by Gasteiger charge is 2.39. The molecular weight excluding hydrogens is 326 g/mol. The second-order valence-electron chi connectivity index (χ2n) is 7.07. The highest BCUT2D eigenvalue weighted by molar-refractivity contribution is 6.00. The zero-order valence-electron chi connectivity index (χ0n) is 14.8. The summed E-state index contributed by atoms with van der Waals surface area (Å²) in [5, 5.41) is 0. The molecule has 2 saturated heterocycles. The topological polar surface area (TPSA) is 53.5 Å². The van der Waals surface area contributed by atoms with Gasteiger partial charge in [0.05, 0.1) is 12.0 Å². The summed E-state index contributed by atoms with van der Waals surface area (Å²) in [4.78, 5) is 33.6. The molecule has 1 aromatic heterocycles. The van der Waals surface area contributed by atoms with Gasteiger partial charge in [0, 0.05) is 37.6 Å². The first-order valence-corrected chi connectivity index (χ1v) is 9.30. The third-order valence-electron chi connectivity index (χ3n) is 5.40. The van der Waals surface area contributed by atoms with Crippen LogP contribution in [0.25, 0.3) is 0 Å². The third kappa shape index (κ3) is 3.21. The van der Waals surface area contributed by atoms with E-state index in [1.54, 1.807) is 11.1 Å². The van der Waals surface area contributed by atoms with E-state index < -0.39 is 0 Å². The van der Waals surface area contributed by atoms with Crippen molar-refractivity contribution in [3.8, 4) is 0 Å². The highest BCUT2D eigenvalue weighted by Crippen LogP contribution is 2.34. The fourth-order valence-electron chi connectivity index (χ4n) is 4.08. The van der Waals surface area contributed by atoms with Crippen LogP contribution in [0, 0.1) is 5.92 Å². The average Bonchev–Trinajstić information content (AvgIpc) is 3.10. The smallest absolute Gasteiger partial charge is 0.228 e. The monoisotopic (exact) mass is 349 g/mol. The zero-order valence-corrected chi connectivity index (χ0v) is 14.8. The van der Waals surface area contributed by atoms with E-state index in [1.165, 1.54) is 0 Å². The maximum Gasteiger partial charge on any atom is 0.228 e. The van der Waals surface area contributed by atoms with Crippen LogP contribution in [0.15, 0.2) is 54.9 Å². The zero-order chi connectivity index (χ0) is 17.9. The van der Waals surface area contributed by atoms with E-state index in [0.29, 0.717) is 13.0 Å². The van der Waals surface area contributed by atoms with Gasteiger partial charge in [-0.15, -0.1) is 0 Å². The summed E-state index contributed by atoms with van der Waals surface area (Å²) in [7, 11) is 0. The van der Waals surface area contributed by atoms with E-state index in [9.17, 15) is 9.59 Å². The molecule has 0 saturated carbocycles. The first kappa shape index (κ1) is 16.8. The minimum Gasteiger partial charge on any atom is -0.335 e. The average molecular weight is 349 g/mol. The van der Waals surface area contributed by atoms with Crippen LogP contribution in [0.1, 0.15) is 37.3 Å². The summed E-state index contributed by atoms with van der Waals surface area (Å²) < 4.78 is 0. The lowest BCUT2D eigenvalue weighted by molar-refractivity contribution is -0.139. The molecule has 134 valence electrons. The van der Waals surface area contributed by atoms with Gasteiger partial charge in [0.2, 0.25) is 11.8 Å². The normalized spacial score (nSPS) is 23.3. The van der Waals surface area contributed by atoms with Gasteiger partial charge in [0.25, 0.3) is 0 Å². The number of anilines is 1. The second-order valence-corrected chi connectivity index (χ2v) is 7.07. The summed E-state index contributed by atoms with van der Waals surface area (Å²) in [5.41, 5.74) is 1.96. The minimum absolute atomic E-state index is 0.0319. The number of carbonyl (C=O) groups excluding carboxylic acids is 2. The van der Waals surface area contributed by atoms with Gasteiger partial charge in [0.1, 0.15) is 0 Å². The Hall–Kier alpha value is -2.69. The van der Waals surface area contributed by atoms with Crippen molar-refractivity contribution in [3.63, 3.8) is 0 Å². The number of likely N-dealkylation sites (tertiary alicyclic amines) is 1. The molecule has 0 N–H and O–H groups in total. The van der Waals surface area contributed by atoms with Crippen LogP contribution in [0.4, 0.5) is 5.69 Å². The van der Waals surface area contributed by atoms with Crippen LogP contribution in [0.2, 0.25) is 0 Å². The fraction of sp³-hybridized carbons (Fsp3) is 0.381. The van der Waals surface area contributed by atoms with E-state index in [4.69, 9.17) is 0 Å². The van der Waals surface area contributed by atoms with Gasteiger partial charge in [-0.05, 0) is 43.0 Å². The van der Waals surface area contributed by atoms with Crippen molar-refractivity contribution < 1.29 is 9.59 Å². The lowest BCUT2D eigenvalue weighted by Crippen LogP contribution is -2.42. The molecule has 2 amide bonds. The van der Waals surface area contributed by atoms with Crippen LogP contribution in [0.3, 0.4) is 0 Å². The van der Waals surface area contributed by atoms with Crippen molar-refractivity contribution in [1.82, 2.24) is 9.88 Å². The molecule has 0 aliphatic carbocycles. The molecular formula is C21H23N3O2. The Morgan fingerprint density at radius 1 is 1.08 bits per heavy atom. The first-order valence-electron chi connectivity index (χ1n) is 9.30. The number of para-hydroxylation sites is 1. The van der Waals surface area contributed by atoms with Gasteiger partial charge in [-0.1, -0.05) is 24.3 Å². The molecule has 3 heterocycles. The van der Waals surface area contributed by atoms with E-state index in [2.05, 4.69) is 4.98 Å². The van der Waals surface area contributed by atoms with Crippen LogP contribution in [-0.4, -0.2) is 34.8 Å². The van der Waals surface area contributed by atoms with Gasteiger partial charge in [-0.2, -0.15) is 0 Å². The molecule has 5 heteroatoms. The summed E-state index contributed by atoms with van der Waals surface area (Å²) >= 11 is 0. The fourth-order valence-corrected chi connectivity index (χ4v) is 4.08. The number of aromatic nitrogens is 1. The van der Waals surface area contributed by atoms with Crippen molar-refractivity contribution in [2.75, 3.05) is 18.0 Å².